The van der Waals surface area contributed by atoms with Crippen LogP contribution in [0.25, 0.3) is 22.0 Å². The normalized spacial score (nSPS) is 25.1. The van der Waals surface area contributed by atoms with Crippen LogP contribution >= 0.6 is 0 Å². The van der Waals surface area contributed by atoms with E-state index in [1.165, 1.54) is 47.7 Å². The summed E-state index contributed by atoms with van der Waals surface area (Å²) < 4.78 is 10.1. The van der Waals surface area contributed by atoms with Crippen molar-refractivity contribution in [3.63, 3.8) is 0 Å². The zero-order valence-electron chi connectivity index (χ0n) is 17.5. The summed E-state index contributed by atoms with van der Waals surface area (Å²) in [5, 5.41) is 1.26. The fraction of sp³-hybridized carbons (Fsp3) is 0.458. The third-order valence-electron chi connectivity index (χ3n) is 6.70. The lowest BCUT2D eigenvalue weighted by molar-refractivity contribution is 0.0828. The van der Waals surface area contributed by atoms with E-state index < -0.39 is 0 Å². The van der Waals surface area contributed by atoms with Crippen LogP contribution in [-0.2, 0) is 0 Å². The monoisotopic (exact) mass is 375 g/mol. The van der Waals surface area contributed by atoms with Gasteiger partial charge < -0.3 is 9.47 Å². The Balaban J connectivity index is 1.34. The highest BCUT2D eigenvalue weighted by Crippen LogP contribution is 2.37. The van der Waals surface area contributed by atoms with Crippen molar-refractivity contribution in [1.29, 1.82) is 0 Å². The minimum atomic E-state index is 0.444. The molecule has 1 saturated carbocycles. The van der Waals surface area contributed by atoms with Crippen LogP contribution in [0.4, 0.5) is 0 Å². The topological polar surface area (TPSA) is 24.3 Å². The molecule has 146 valence electrons. The highest BCUT2D eigenvalue weighted by Gasteiger charge is 2.29. The number of hydrogen-bond acceptors (Lipinski definition) is 3. The molecule has 1 saturated heterocycles. The van der Waals surface area contributed by atoms with Crippen molar-refractivity contribution in [2.24, 2.45) is 0 Å². The van der Waals surface area contributed by atoms with Crippen LogP contribution in [0.15, 0.2) is 55.0 Å². The minimum Gasteiger partial charge on any atom is -0.344 e. The third-order valence-corrected chi connectivity index (χ3v) is 6.70. The summed E-state index contributed by atoms with van der Waals surface area (Å²) in [6.07, 6.45) is 11.3. The average molecular weight is 376 g/mol. The molecule has 0 unspecified atom stereocenters. The smallest absolute Gasteiger partial charge is 0.0520 e. The van der Waals surface area contributed by atoms with Crippen molar-refractivity contribution in [3.05, 3.63) is 55.0 Å². The maximum Gasteiger partial charge on any atom is 0.0520 e. The highest BCUT2D eigenvalue weighted by atomic mass is 15.3. The molecule has 2 aromatic heterocycles. The Morgan fingerprint density at radius 3 is 2.43 bits per heavy atom. The number of fused-ring (bicyclic) bond motifs is 1. The van der Waals surface area contributed by atoms with Crippen LogP contribution in [0.5, 0.6) is 0 Å². The summed E-state index contributed by atoms with van der Waals surface area (Å²) >= 11 is 0. The zero-order chi connectivity index (χ0) is 19.6. The maximum absolute atomic E-state index is 7.56. The van der Waals surface area contributed by atoms with Crippen molar-refractivity contribution in [3.8, 4) is 11.1 Å². The molecule has 1 aliphatic heterocycles. The second-order valence-electron chi connectivity index (χ2n) is 8.33. The molecule has 0 atom stereocenters. The van der Waals surface area contributed by atoms with Crippen molar-refractivity contribution >= 4 is 10.9 Å². The van der Waals surface area contributed by atoms with E-state index in [2.05, 4.69) is 61.9 Å². The van der Waals surface area contributed by atoms with Gasteiger partial charge in [-0.2, -0.15) is 0 Å². The predicted molar refractivity (Wildman–Crippen MR) is 116 cm³/mol. The Kier molecular flexibility index (Phi) is 4.60. The molecular weight excluding hydrogens is 344 g/mol. The molecule has 2 fully saturated rings. The van der Waals surface area contributed by atoms with Crippen molar-refractivity contribution in [2.75, 3.05) is 33.2 Å². The second kappa shape index (κ2) is 7.69. The lowest BCUT2D eigenvalue weighted by Crippen LogP contribution is -2.49. The molecule has 5 rings (SSSR count). The van der Waals surface area contributed by atoms with Gasteiger partial charge in [0.2, 0.25) is 0 Å². The van der Waals surface area contributed by atoms with E-state index >= 15 is 0 Å². The van der Waals surface area contributed by atoms with Crippen molar-refractivity contribution in [2.45, 2.75) is 37.8 Å². The van der Waals surface area contributed by atoms with Gasteiger partial charge in [-0.15, -0.1) is 0 Å². The lowest BCUT2D eigenvalue weighted by atomic mass is 9.89. The Morgan fingerprint density at radius 1 is 0.929 bits per heavy atom. The van der Waals surface area contributed by atoms with E-state index in [4.69, 9.17) is 1.37 Å². The predicted octanol–water partition coefficient (Wildman–Crippen LogP) is 4.43. The Bertz CT molecular complexity index is 938. The van der Waals surface area contributed by atoms with Crippen LogP contribution in [0.2, 0.25) is 0 Å². The first-order chi connectivity index (χ1) is 14.3. The highest BCUT2D eigenvalue weighted by molar-refractivity contribution is 5.95. The first-order valence-electron chi connectivity index (χ1n) is 11.3. The summed E-state index contributed by atoms with van der Waals surface area (Å²) in [4.78, 5) is 9.33. The van der Waals surface area contributed by atoms with E-state index in [-0.39, 0.29) is 0 Å². The SMILES string of the molecule is [2H]CN1CCN(C2CCC(n3cc(-c4ccccc4)c4cnccc43)CC2)CC1. The van der Waals surface area contributed by atoms with E-state index in [0.29, 0.717) is 13.1 Å². The van der Waals surface area contributed by atoms with Gasteiger partial charge in [0.1, 0.15) is 0 Å². The lowest BCUT2D eigenvalue weighted by Gasteiger charge is -2.41. The van der Waals surface area contributed by atoms with Crippen molar-refractivity contribution in [1.82, 2.24) is 19.4 Å². The Labute approximate surface area is 169 Å². The number of hydrogen-bond donors (Lipinski definition) is 0. The largest absolute Gasteiger partial charge is 0.344 e. The number of aromatic nitrogens is 2. The molecule has 0 spiro atoms. The molecule has 2 aliphatic rings. The van der Waals surface area contributed by atoms with E-state index in [1.54, 1.807) is 0 Å². The number of benzene rings is 1. The standard InChI is InChI=1S/C24H30N4/c1-26-13-15-27(16-14-26)20-7-9-21(10-8-20)28-18-23(19-5-3-2-4-6-19)22-17-25-12-11-24(22)28/h2-6,11-12,17-18,20-21H,7-10,13-16H2,1H3/i1D. The first kappa shape index (κ1) is 16.8. The molecule has 0 radical (unpaired) electrons. The van der Waals surface area contributed by atoms with Gasteiger partial charge in [0.15, 0.2) is 0 Å². The van der Waals surface area contributed by atoms with Crippen LogP contribution in [0.3, 0.4) is 0 Å². The maximum atomic E-state index is 7.56. The summed E-state index contributed by atoms with van der Waals surface area (Å²) in [6.45, 7) is 4.37. The Hall–Kier alpha value is -2.17. The van der Waals surface area contributed by atoms with Gasteiger partial charge in [0, 0.05) is 69.2 Å². The number of nitrogens with zero attached hydrogens (tertiary/aromatic N) is 4. The van der Waals surface area contributed by atoms with Gasteiger partial charge in [0.05, 0.1) is 5.52 Å². The summed E-state index contributed by atoms with van der Waals surface area (Å²) in [5.41, 5.74) is 3.87. The molecule has 0 bridgehead atoms. The zero-order valence-corrected chi connectivity index (χ0v) is 16.5. The van der Waals surface area contributed by atoms with E-state index in [9.17, 15) is 0 Å². The Morgan fingerprint density at radius 2 is 1.68 bits per heavy atom. The molecule has 4 heteroatoms. The molecular formula is C24H30N4. The van der Waals surface area contributed by atoms with E-state index in [1.807, 2.05) is 12.4 Å². The second-order valence-corrected chi connectivity index (χ2v) is 8.33. The fourth-order valence-corrected chi connectivity index (χ4v) is 5.08. The molecule has 4 nitrogen and oxygen atoms in total. The first-order valence-corrected chi connectivity index (χ1v) is 10.6. The van der Waals surface area contributed by atoms with Gasteiger partial charge in [0.25, 0.3) is 0 Å². The molecule has 28 heavy (non-hydrogen) atoms. The number of pyridine rings is 1. The van der Waals surface area contributed by atoms with Crippen LogP contribution in [-0.4, -0.2) is 58.6 Å². The number of rotatable bonds is 3. The summed E-state index contributed by atoms with van der Waals surface area (Å²) in [5.74, 6) is 0. The molecule has 0 N–H and O–H groups in total. The average Bonchev–Trinajstić information content (AvgIpc) is 3.20. The van der Waals surface area contributed by atoms with Crippen LogP contribution < -0.4 is 0 Å². The third kappa shape index (κ3) is 3.36. The van der Waals surface area contributed by atoms with Gasteiger partial charge in [-0.05, 0) is 44.3 Å². The van der Waals surface area contributed by atoms with Gasteiger partial charge >= 0.3 is 0 Å². The molecule has 1 aromatic carbocycles. The molecule has 0 amide bonds. The molecule has 3 aromatic rings. The number of piperazine rings is 1. The number of likely N-dealkylation sites (N-methyl/N-ethyl adjacent to an activating group) is 1. The quantitative estimate of drug-likeness (QED) is 0.677. The molecule has 1 aliphatic carbocycles. The minimum absolute atomic E-state index is 0.444. The van der Waals surface area contributed by atoms with Crippen molar-refractivity contribution < 1.29 is 1.37 Å². The van der Waals surface area contributed by atoms with Gasteiger partial charge in [-0.3, -0.25) is 9.88 Å². The van der Waals surface area contributed by atoms with Crippen LogP contribution in [0, 0.1) is 0 Å². The molecule has 3 heterocycles. The van der Waals surface area contributed by atoms with E-state index in [0.717, 1.165) is 32.2 Å². The van der Waals surface area contributed by atoms with Gasteiger partial charge in [-0.1, -0.05) is 30.3 Å². The summed E-state index contributed by atoms with van der Waals surface area (Å²) in [6, 6.07) is 14.2. The summed E-state index contributed by atoms with van der Waals surface area (Å²) in [7, 11) is 0.444. The fourth-order valence-electron chi connectivity index (χ4n) is 5.08. The van der Waals surface area contributed by atoms with Gasteiger partial charge in [-0.25, -0.2) is 0 Å². The van der Waals surface area contributed by atoms with Crippen LogP contribution in [0.1, 0.15) is 33.1 Å².